The van der Waals surface area contributed by atoms with Crippen LogP contribution >= 0.6 is 0 Å². The van der Waals surface area contributed by atoms with E-state index >= 15 is 0 Å². The molecule has 3 aromatic carbocycles. The number of hydrogen-bond acceptors (Lipinski definition) is 2. The van der Waals surface area contributed by atoms with Crippen LogP contribution in [0.5, 0.6) is 5.75 Å². The Morgan fingerprint density at radius 3 is 2.41 bits per heavy atom. The van der Waals surface area contributed by atoms with Crippen LogP contribution in [0.3, 0.4) is 0 Å². The van der Waals surface area contributed by atoms with Gasteiger partial charge in [-0.3, -0.25) is 0 Å². The summed E-state index contributed by atoms with van der Waals surface area (Å²) in [5.74, 6) is 0.910. The lowest BCUT2D eigenvalue weighted by atomic mass is 10.1. The summed E-state index contributed by atoms with van der Waals surface area (Å²) in [6, 6.07) is 24.6. The van der Waals surface area contributed by atoms with E-state index in [0.29, 0.717) is 13.2 Å². The van der Waals surface area contributed by atoms with Gasteiger partial charge < -0.3 is 9.47 Å². The predicted octanol–water partition coefficient (Wildman–Crippen LogP) is 4.82. The average molecular weight is 292 g/mol. The van der Waals surface area contributed by atoms with Gasteiger partial charge in [0.25, 0.3) is 0 Å². The SMILES string of the molecule is CC(COc1cccc2ccccc12)OCc1ccccc1. The van der Waals surface area contributed by atoms with Crippen molar-refractivity contribution in [3.63, 3.8) is 0 Å². The van der Waals surface area contributed by atoms with Gasteiger partial charge in [0.1, 0.15) is 12.4 Å². The molecule has 0 saturated heterocycles. The summed E-state index contributed by atoms with van der Waals surface area (Å²) < 4.78 is 11.8. The van der Waals surface area contributed by atoms with Gasteiger partial charge in [0.15, 0.2) is 0 Å². The molecule has 0 aromatic heterocycles. The van der Waals surface area contributed by atoms with Crippen molar-refractivity contribution in [2.45, 2.75) is 19.6 Å². The second-order valence-corrected chi connectivity index (χ2v) is 5.40. The summed E-state index contributed by atoms with van der Waals surface area (Å²) in [6.45, 7) is 3.19. The molecule has 2 heteroatoms. The van der Waals surface area contributed by atoms with Crippen molar-refractivity contribution in [1.29, 1.82) is 0 Å². The van der Waals surface area contributed by atoms with E-state index in [1.807, 2.05) is 49.4 Å². The summed E-state index contributed by atoms with van der Waals surface area (Å²) in [4.78, 5) is 0. The van der Waals surface area contributed by atoms with Crippen LogP contribution in [-0.2, 0) is 11.3 Å². The lowest BCUT2D eigenvalue weighted by Crippen LogP contribution is -2.18. The molecule has 3 aromatic rings. The third kappa shape index (κ3) is 3.66. The molecule has 112 valence electrons. The molecule has 1 atom stereocenters. The number of fused-ring (bicyclic) bond motifs is 1. The fourth-order valence-corrected chi connectivity index (χ4v) is 2.39. The van der Waals surface area contributed by atoms with Crippen LogP contribution in [0.2, 0.25) is 0 Å². The van der Waals surface area contributed by atoms with Crippen molar-refractivity contribution in [2.24, 2.45) is 0 Å². The van der Waals surface area contributed by atoms with Gasteiger partial charge in [-0.1, -0.05) is 66.7 Å². The normalized spacial score (nSPS) is 12.2. The highest BCUT2D eigenvalue weighted by Crippen LogP contribution is 2.25. The molecule has 0 bridgehead atoms. The van der Waals surface area contributed by atoms with Crippen LogP contribution in [0.25, 0.3) is 10.8 Å². The van der Waals surface area contributed by atoms with Crippen molar-refractivity contribution >= 4 is 10.8 Å². The molecule has 0 aliphatic heterocycles. The first-order valence-electron chi connectivity index (χ1n) is 7.59. The highest BCUT2D eigenvalue weighted by molar-refractivity contribution is 5.88. The van der Waals surface area contributed by atoms with Crippen LogP contribution in [0.4, 0.5) is 0 Å². The Morgan fingerprint density at radius 1 is 0.818 bits per heavy atom. The van der Waals surface area contributed by atoms with Crippen LogP contribution in [0.1, 0.15) is 12.5 Å². The van der Waals surface area contributed by atoms with Gasteiger partial charge in [-0.25, -0.2) is 0 Å². The Balaban J connectivity index is 1.57. The van der Waals surface area contributed by atoms with Crippen molar-refractivity contribution in [2.75, 3.05) is 6.61 Å². The summed E-state index contributed by atoms with van der Waals surface area (Å²) in [5, 5.41) is 2.33. The fraction of sp³-hybridized carbons (Fsp3) is 0.200. The second-order valence-electron chi connectivity index (χ2n) is 5.40. The molecule has 0 N–H and O–H groups in total. The molecule has 0 fully saturated rings. The van der Waals surface area contributed by atoms with E-state index in [2.05, 4.69) is 30.3 Å². The van der Waals surface area contributed by atoms with Gasteiger partial charge in [-0.05, 0) is 23.9 Å². The zero-order valence-corrected chi connectivity index (χ0v) is 12.7. The summed E-state index contributed by atoms with van der Waals surface area (Å²) >= 11 is 0. The molecule has 2 nitrogen and oxygen atoms in total. The topological polar surface area (TPSA) is 18.5 Å². The van der Waals surface area contributed by atoms with Crippen LogP contribution in [0, 0.1) is 0 Å². The average Bonchev–Trinajstić information content (AvgIpc) is 2.59. The first-order chi connectivity index (χ1) is 10.8. The highest BCUT2D eigenvalue weighted by atomic mass is 16.5. The van der Waals surface area contributed by atoms with Crippen LogP contribution in [0.15, 0.2) is 72.8 Å². The van der Waals surface area contributed by atoms with Crippen LogP contribution < -0.4 is 4.74 Å². The van der Waals surface area contributed by atoms with E-state index in [0.717, 1.165) is 11.1 Å². The number of hydrogen-bond donors (Lipinski definition) is 0. The molecule has 0 radical (unpaired) electrons. The number of ether oxygens (including phenoxy) is 2. The zero-order valence-electron chi connectivity index (χ0n) is 12.7. The zero-order chi connectivity index (χ0) is 15.2. The Labute approximate surface area is 131 Å². The van der Waals surface area contributed by atoms with Crippen molar-refractivity contribution in [1.82, 2.24) is 0 Å². The lowest BCUT2D eigenvalue weighted by Gasteiger charge is -2.15. The van der Waals surface area contributed by atoms with Gasteiger partial charge in [0.05, 0.1) is 12.7 Å². The van der Waals surface area contributed by atoms with E-state index in [1.165, 1.54) is 10.9 Å². The summed E-state index contributed by atoms with van der Waals surface area (Å²) in [6.07, 6.45) is 0.0409. The maximum atomic E-state index is 5.94. The molecule has 0 saturated carbocycles. The van der Waals surface area contributed by atoms with E-state index in [-0.39, 0.29) is 6.10 Å². The molecule has 22 heavy (non-hydrogen) atoms. The lowest BCUT2D eigenvalue weighted by molar-refractivity contribution is 0.0218. The van der Waals surface area contributed by atoms with E-state index in [9.17, 15) is 0 Å². The monoisotopic (exact) mass is 292 g/mol. The third-order valence-electron chi connectivity index (χ3n) is 3.60. The smallest absolute Gasteiger partial charge is 0.127 e. The minimum atomic E-state index is 0.0409. The standard InChI is InChI=1S/C20H20O2/c1-16(21-15-17-8-3-2-4-9-17)14-22-20-13-7-11-18-10-5-6-12-19(18)20/h2-13,16H,14-15H2,1H3. The molecule has 0 heterocycles. The Kier molecular flexibility index (Phi) is 4.71. The molecule has 0 aliphatic rings. The quantitative estimate of drug-likeness (QED) is 0.648. The number of rotatable bonds is 6. The predicted molar refractivity (Wildman–Crippen MR) is 90.1 cm³/mol. The van der Waals surface area contributed by atoms with Crippen molar-refractivity contribution in [3.05, 3.63) is 78.4 Å². The summed E-state index contributed by atoms with van der Waals surface area (Å²) in [7, 11) is 0. The first kappa shape index (κ1) is 14.6. The molecule has 0 spiro atoms. The maximum absolute atomic E-state index is 5.94. The number of benzene rings is 3. The highest BCUT2D eigenvalue weighted by Gasteiger charge is 2.06. The fourth-order valence-electron chi connectivity index (χ4n) is 2.39. The molecule has 0 aliphatic carbocycles. The van der Waals surface area contributed by atoms with Gasteiger partial charge in [0.2, 0.25) is 0 Å². The minimum absolute atomic E-state index is 0.0409. The largest absolute Gasteiger partial charge is 0.490 e. The van der Waals surface area contributed by atoms with E-state index < -0.39 is 0 Å². The molecule has 0 amide bonds. The summed E-state index contributed by atoms with van der Waals surface area (Å²) in [5.41, 5.74) is 1.18. The van der Waals surface area contributed by atoms with E-state index in [1.54, 1.807) is 0 Å². The van der Waals surface area contributed by atoms with Crippen LogP contribution in [-0.4, -0.2) is 12.7 Å². The molecular formula is C20H20O2. The first-order valence-corrected chi connectivity index (χ1v) is 7.59. The van der Waals surface area contributed by atoms with Crippen molar-refractivity contribution in [3.8, 4) is 5.75 Å². The van der Waals surface area contributed by atoms with E-state index in [4.69, 9.17) is 9.47 Å². The Morgan fingerprint density at radius 2 is 1.55 bits per heavy atom. The van der Waals surface area contributed by atoms with Gasteiger partial charge in [-0.15, -0.1) is 0 Å². The molecule has 1 unspecified atom stereocenters. The Hall–Kier alpha value is -2.32. The maximum Gasteiger partial charge on any atom is 0.127 e. The third-order valence-corrected chi connectivity index (χ3v) is 3.60. The minimum Gasteiger partial charge on any atom is -0.490 e. The van der Waals surface area contributed by atoms with Gasteiger partial charge in [-0.2, -0.15) is 0 Å². The van der Waals surface area contributed by atoms with Crippen molar-refractivity contribution < 1.29 is 9.47 Å². The van der Waals surface area contributed by atoms with Gasteiger partial charge in [0, 0.05) is 5.39 Å². The van der Waals surface area contributed by atoms with Gasteiger partial charge >= 0.3 is 0 Å². The second kappa shape index (κ2) is 7.10. The Bertz CT molecular complexity index is 717. The molecule has 3 rings (SSSR count). The molecular weight excluding hydrogens is 272 g/mol.